The van der Waals surface area contributed by atoms with E-state index in [0.29, 0.717) is 17.3 Å². The Morgan fingerprint density at radius 3 is 2.88 bits per heavy atom. The van der Waals surface area contributed by atoms with Crippen LogP contribution in [0, 0.1) is 0 Å². The number of thioether (sulfide) groups is 1. The number of halogens is 1. The molecule has 0 fully saturated rings. The van der Waals surface area contributed by atoms with Gasteiger partial charge in [0.15, 0.2) is 0 Å². The van der Waals surface area contributed by atoms with Crippen LogP contribution in [0.1, 0.15) is 19.8 Å². The molecule has 1 atom stereocenters. The van der Waals surface area contributed by atoms with Gasteiger partial charge in [-0.2, -0.15) is 0 Å². The molecule has 1 unspecified atom stereocenters. The largest absolute Gasteiger partial charge is 0.355 e. The fourth-order valence-corrected chi connectivity index (χ4v) is 3.45. The summed E-state index contributed by atoms with van der Waals surface area (Å²) in [6.07, 6.45) is 0.877. The highest BCUT2D eigenvalue weighted by Crippen LogP contribution is 2.38. The highest BCUT2D eigenvalue weighted by molar-refractivity contribution is 8.01. The van der Waals surface area contributed by atoms with Crippen molar-refractivity contribution in [2.75, 3.05) is 25.5 Å². The molecule has 0 bridgehead atoms. The van der Waals surface area contributed by atoms with Gasteiger partial charge in [0.25, 0.3) is 0 Å². The molecule has 1 aromatic rings. The van der Waals surface area contributed by atoms with Crippen molar-refractivity contribution in [1.82, 2.24) is 10.2 Å². The van der Waals surface area contributed by atoms with E-state index in [0.717, 1.165) is 11.3 Å². The fraction of sp³-hybridized carbons (Fsp3) is 0.438. The van der Waals surface area contributed by atoms with Gasteiger partial charge in [-0.25, -0.2) is 0 Å². The number of nitrogens with one attached hydrogen (secondary N) is 2. The van der Waals surface area contributed by atoms with E-state index in [4.69, 9.17) is 11.6 Å². The Morgan fingerprint density at radius 2 is 2.17 bits per heavy atom. The normalized spacial score (nSPS) is 16.1. The van der Waals surface area contributed by atoms with E-state index in [1.54, 1.807) is 19.2 Å². The summed E-state index contributed by atoms with van der Waals surface area (Å²) in [5, 5.41) is 5.51. The smallest absolute Gasteiger partial charge is 0.239 e. The van der Waals surface area contributed by atoms with E-state index >= 15 is 0 Å². The van der Waals surface area contributed by atoms with Gasteiger partial charge in [0.2, 0.25) is 17.7 Å². The van der Waals surface area contributed by atoms with Crippen LogP contribution in [0.25, 0.3) is 0 Å². The molecule has 1 aliphatic heterocycles. The SMILES string of the molecule is CCCNC(=O)CN(C)C(=O)CC1Sc2ccc(Cl)cc2NC1=O. The van der Waals surface area contributed by atoms with Crippen molar-refractivity contribution in [3.8, 4) is 0 Å². The van der Waals surface area contributed by atoms with E-state index in [1.807, 2.05) is 13.0 Å². The maximum absolute atomic E-state index is 12.3. The second kappa shape index (κ2) is 8.39. The van der Waals surface area contributed by atoms with Crippen LogP contribution in [0.4, 0.5) is 5.69 Å². The first-order valence-corrected chi connectivity index (χ1v) is 8.94. The van der Waals surface area contributed by atoms with E-state index in [1.165, 1.54) is 16.7 Å². The van der Waals surface area contributed by atoms with Crippen molar-refractivity contribution in [3.63, 3.8) is 0 Å². The molecule has 0 radical (unpaired) electrons. The topological polar surface area (TPSA) is 78.5 Å². The Hall–Kier alpha value is -1.73. The maximum Gasteiger partial charge on any atom is 0.239 e. The van der Waals surface area contributed by atoms with Crippen molar-refractivity contribution in [3.05, 3.63) is 23.2 Å². The molecule has 1 heterocycles. The lowest BCUT2D eigenvalue weighted by molar-refractivity contribution is -0.135. The van der Waals surface area contributed by atoms with Crippen molar-refractivity contribution in [2.24, 2.45) is 0 Å². The molecule has 8 heteroatoms. The zero-order chi connectivity index (χ0) is 17.7. The van der Waals surface area contributed by atoms with Gasteiger partial charge in [0.05, 0.1) is 17.5 Å². The zero-order valence-electron chi connectivity index (χ0n) is 13.6. The Bertz CT molecular complexity index is 653. The third-order valence-electron chi connectivity index (χ3n) is 3.50. The van der Waals surface area contributed by atoms with Gasteiger partial charge in [0, 0.05) is 29.9 Å². The van der Waals surface area contributed by atoms with Crippen LogP contribution in [0.5, 0.6) is 0 Å². The molecule has 2 rings (SSSR count). The molecule has 0 saturated heterocycles. The van der Waals surface area contributed by atoms with Crippen molar-refractivity contribution < 1.29 is 14.4 Å². The molecule has 2 N–H and O–H groups in total. The summed E-state index contributed by atoms with van der Waals surface area (Å²) < 4.78 is 0. The number of likely N-dealkylation sites (N-methyl/N-ethyl adjacent to an activating group) is 1. The summed E-state index contributed by atoms with van der Waals surface area (Å²) in [5.74, 6) is -0.674. The van der Waals surface area contributed by atoms with Crippen molar-refractivity contribution in [1.29, 1.82) is 0 Å². The molecule has 3 amide bonds. The Kier molecular flexibility index (Phi) is 6.51. The van der Waals surface area contributed by atoms with E-state index < -0.39 is 5.25 Å². The van der Waals surface area contributed by atoms with Crippen LogP contribution < -0.4 is 10.6 Å². The summed E-state index contributed by atoms with van der Waals surface area (Å²) in [6.45, 7) is 2.53. The monoisotopic (exact) mass is 369 g/mol. The Balaban J connectivity index is 1.93. The first kappa shape index (κ1) is 18.6. The van der Waals surface area contributed by atoms with Gasteiger partial charge in [-0.15, -0.1) is 11.8 Å². The van der Waals surface area contributed by atoms with Crippen LogP contribution in [0.3, 0.4) is 0 Å². The van der Waals surface area contributed by atoms with Crippen LogP contribution >= 0.6 is 23.4 Å². The van der Waals surface area contributed by atoms with Crippen molar-refractivity contribution >= 4 is 46.8 Å². The minimum atomic E-state index is -0.521. The number of hydrogen-bond donors (Lipinski definition) is 2. The zero-order valence-corrected chi connectivity index (χ0v) is 15.2. The van der Waals surface area contributed by atoms with Crippen LogP contribution in [-0.2, 0) is 14.4 Å². The van der Waals surface area contributed by atoms with Gasteiger partial charge in [-0.05, 0) is 24.6 Å². The van der Waals surface area contributed by atoms with Crippen molar-refractivity contribution in [2.45, 2.75) is 29.9 Å². The lowest BCUT2D eigenvalue weighted by Crippen LogP contribution is -2.41. The number of benzene rings is 1. The fourth-order valence-electron chi connectivity index (χ4n) is 2.20. The van der Waals surface area contributed by atoms with E-state index in [2.05, 4.69) is 10.6 Å². The molecule has 0 aliphatic carbocycles. The maximum atomic E-state index is 12.3. The van der Waals surface area contributed by atoms with Crippen LogP contribution in [-0.4, -0.2) is 48.0 Å². The van der Waals surface area contributed by atoms with Gasteiger partial charge in [-0.1, -0.05) is 18.5 Å². The third-order valence-corrected chi connectivity index (χ3v) is 5.01. The lowest BCUT2D eigenvalue weighted by Gasteiger charge is -2.25. The number of nitrogens with zero attached hydrogens (tertiary/aromatic N) is 1. The summed E-state index contributed by atoms with van der Waals surface area (Å²) in [6, 6.07) is 5.25. The molecule has 6 nitrogen and oxygen atoms in total. The summed E-state index contributed by atoms with van der Waals surface area (Å²) >= 11 is 7.25. The molecular formula is C16H20ClN3O3S. The number of fused-ring (bicyclic) bond motifs is 1. The first-order chi connectivity index (χ1) is 11.4. The van der Waals surface area contributed by atoms with E-state index in [-0.39, 0.29) is 30.7 Å². The Morgan fingerprint density at radius 1 is 1.42 bits per heavy atom. The average Bonchev–Trinajstić information content (AvgIpc) is 2.53. The second-order valence-electron chi connectivity index (χ2n) is 5.54. The summed E-state index contributed by atoms with van der Waals surface area (Å²) in [5.41, 5.74) is 0.661. The highest BCUT2D eigenvalue weighted by Gasteiger charge is 2.30. The average molecular weight is 370 g/mol. The molecule has 1 aromatic carbocycles. The first-order valence-electron chi connectivity index (χ1n) is 7.68. The molecule has 130 valence electrons. The molecular weight excluding hydrogens is 350 g/mol. The summed E-state index contributed by atoms with van der Waals surface area (Å²) in [7, 11) is 1.56. The van der Waals surface area contributed by atoms with Crippen LogP contribution in [0.15, 0.2) is 23.1 Å². The van der Waals surface area contributed by atoms with Gasteiger partial charge in [0.1, 0.15) is 0 Å². The van der Waals surface area contributed by atoms with Gasteiger partial charge >= 0.3 is 0 Å². The molecule has 1 aliphatic rings. The third kappa shape index (κ3) is 4.88. The van der Waals surface area contributed by atoms with E-state index in [9.17, 15) is 14.4 Å². The highest BCUT2D eigenvalue weighted by atomic mass is 35.5. The predicted octanol–water partition coefficient (Wildman–Crippen LogP) is 2.13. The predicted molar refractivity (Wildman–Crippen MR) is 95.3 cm³/mol. The second-order valence-corrected chi connectivity index (χ2v) is 7.22. The lowest BCUT2D eigenvalue weighted by atomic mass is 10.2. The minimum absolute atomic E-state index is 0.00989. The van der Waals surface area contributed by atoms with Crippen LogP contribution in [0.2, 0.25) is 5.02 Å². The number of rotatable bonds is 6. The number of hydrogen-bond acceptors (Lipinski definition) is 4. The number of anilines is 1. The molecule has 0 saturated carbocycles. The Labute approximate surface area is 150 Å². The molecule has 0 spiro atoms. The molecule has 24 heavy (non-hydrogen) atoms. The minimum Gasteiger partial charge on any atom is -0.355 e. The van der Waals surface area contributed by atoms with Gasteiger partial charge in [-0.3, -0.25) is 14.4 Å². The standard InChI is InChI=1S/C16H20ClN3O3S/c1-3-6-18-14(21)9-20(2)15(22)8-13-16(23)19-11-7-10(17)4-5-12(11)24-13/h4-5,7,13H,3,6,8-9H2,1-2H3,(H,18,21)(H,19,23). The molecule has 0 aromatic heterocycles. The number of amides is 3. The van der Waals surface area contributed by atoms with Gasteiger partial charge < -0.3 is 15.5 Å². The number of carbonyl (C=O) groups is 3. The number of carbonyl (C=O) groups excluding carboxylic acids is 3. The quantitative estimate of drug-likeness (QED) is 0.805. The summed E-state index contributed by atoms with van der Waals surface area (Å²) in [4.78, 5) is 38.3.